The van der Waals surface area contributed by atoms with Crippen LogP contribution in [0.5, 0.6) is 5.88 Å². The van der Waals surface area contributed by atoms with Crippen molar-refractivity contribution in [3.63, 3.8) is 0 Å². The highest BCUT2D eigenvalue weighted by Gasteiger charge is 2.11. The first-order valence-corrected chi connectivity index (χ1v) is 9.55. The molecule has 0 amide bonds. The van der Waals surface area contributed by atoms with Crippen molar-refractivity contribution in [3.05, 3.63) is 83.2 Å². The molecule has 29 heavy (non-hydrogen) atoms. The van der Waals surface area contributed by atoms with Gasteiger partial charge in [0.05, 0.1) is 12.1 Å². The average Bonchev–Trinajstić information content (AvgIpc) is 3.24. The van der Waals surface area contributed by atoms with Crippen molar-refractivity contribution < 1.29 is 9.13 Å². The molecule has 0 aliphatic rings. The van der Waals surface area contributed by atoms with Gasteiger partial charge in [-0.1, -0.05) is 29.8 Å². The predicted molar refractivity (Wildman–Crippen MR) is 109 cm³/mol. The number of fused-ring (bicyclic) bond motifs is 1. The maximum atomic E-state index is 13.6. The van der Waals surface area contributed by atoms with Gasteiger partial charge in [-0.2, -0.15) is 5.10 Å². The van der Waals surface area contributed by atoms with E-state index in [0.29, 0.717) is 36.1 Å². The minimum atomic E-state index is -0.333. The smallest absolute Gasteiger partial charge is 0.218 e. The molecule has 0 radical (unpaired) electrons. The summed E-state index contributed by atoms with van der Waals surface area (Å²) in [5, 5.41) is 8.92. The van der Waals surface area contributed by atoms with Gasteiger partial charge in [-0.15, -0.1) is 0 Å². The normalized spacial score (nSPS) is 11.1. The Bertz CT molecular complexity index is 1100. The van der Waals surface area contributed by atoms with Crippen LogP contribution >= 0.6 is 11.6 Å². The molecule has 148 valence electrons. The van der Waals surface area contributed by atoms with Crippen molar-refractivity contribution in [1.29, 1.82) is 0 Å². The van der Waals surface area contributed by atoms with E-state index in [1.165, 1.54) is 18.5 Å². The minimum Gasteiger partial charge on any atom is -0.472 e. The molecule has 0 saturated carbocycles. The lowest BCUT2D eigenvalue weighted by Gasteiger charge is -2.13. The first-order valence-electron chi connectivity index (χ1n) is 9.17. The van der Waals surface area contributed by atoms with E-state index in [-0.39, 0.29) is 12.4 Å². The van der Waals surface area contributed by atoms with Gasteiger partial charge >= 0.3 is 0 Å². The second-order valence-electron chi connectivity index (χ2n) is 6.51. The van der Waals surface area contributed by atoms with E-state index < -0.39 is 0 Å². The lowest BCUT2D eigenvalue weighted by molar-refractivity contribution is 0.290. The lowest BCUT2D eigenvalue weighted by Crippen LogP contribution is -2.20. The number of benzene rings is 2. The van der Waals surface area contributed by atoms with Crippen molar-refractivity contribution in [2.45, 2.75) is 19.7 Å². The van der Waals surface area contributed by atoms with Gasteiger partial charge in [0.15, 0.2) is 0 Å². The summed E-state index contributed by atoms with van der Waals surface area (Å²) < 4.78 is 21.4. The number of ether oxygens (including phenoxy) is 1. The van der Waals surface area contributed by atoms with Crippen LogP contribution in [0.15, 0.2) is 61.2 Å². The van der Waals surface area contributed by atoms with E-state index >= 15 is 0 Å². The van der Waals surface area contributed by atoms with E-state index in [4.69, 9.17) is 16.3 Å². The summed E-state index contributed by atoms with van der Waals surface area (Å²) in [6.45, 7) is 2.23. The summed E-state index contributed by atoms with van der Waals surface area (Å²) in [4.78, 5) is 8.46. The molecule has 2 heterocycles. The van der Waals surface area contributed by atoms with Crippen LogP contribution < -0.4 is 10.1 Å². The molecule has 0 atom stereocenters. The number of hydrogen-bond donors (Lipinski definition) is 1. The Morgan fingerprint density at radius 2 is 2.00 bits per heavy atom. The van der Waals surface area contributed by atoms with Gasteiger partial charge in [-0.25, -0.2) is 14.4 Å². The van der Waals surface area contributed by atoms with Crippen LogP contribution in [-0.2, 0) is 19.7 Å². The summed E-state index contributed by atoms with van der Waals surface area (Å²) in [5.41, 5.74) is 2.29. The Hall–Kier alpha value is -3.03. The molecule has 0 aliphatic carbocycles. The second-order valence-corrected chi connectivity index (χ2v) is 6.91. The third-order valence-electron chi connectivity index (χ3n) is 4.44. The molecule has 8 heteroatoms. The van der Waals surface area contributed by atoms with E-state index in [9.17, 15) is 4.39 Å². The zero-order valence-electron chi connectivity index (χ0n) is 15.6. The zero-order chi connectivity index (χ0) is 20.1. The second kappa shape index (κ2) is 8.98. The molecular formula is C21H19ClFN5O. The molecule has 0 spiro atoms. The van der Waals surface area contributed by atoms with Gasteiger partial charge in [-0.3, -0.25) is 4.68 Å². The quantitative estimate of drug-likeness (QED) is 0.444. The van der Waals surface area contributed by atoms with Gasteiger partial charge in [0.2, 0.25) is 5.88 Å². The molecule has 4 aromatic rings. The van der Waals surface area contributed by atoms with Gasteiger partial charge in [0.1, 0.15) is 25.1 Å². The zero-order valence-corrected chi connectivity index (χ0v) is 16.3. The van der Waals surface area contributed by atoms with Gasteiger partial charge in [-0.05, 0) is 24.3 Å². The molecule has 1 N–H and O–H groups in total. The number of nitrogens with zero attached hydrogens (tertiary/aromatic N) is 4. The summed E-state index contributed by atoms with van der Waals surface area (Å²) >= 11 is 6.22. The van der Waals surface area contributed by atoms with E-state index in [1.54, 1.807) is 17.1 Å². The number of pyridine rings is 1. The standard InChI is InChI=1S/C21H19ClFN5O/c22-19-4-2-1-3-16(19)12-29-21-17(11-24-7-8-28-14-25-13-26-28)9-15-5-6-18(23)10-20(15)27-21/h1-6,9-10,13-14,24H,7-8,11-12H2. The molecule has 0 aliphatic heterocycles. The summed E-state index contributed by atoms with van der Waals surface area (Å²) in [6.07, 6.45) is 3.18. The molecule has 2 aromatic carbocycles. The molecule has 4 rings (SSSR count). The Morgan fingerprint density at radius 1 is 1.10 bits per heavy atom. The van der Waals surface area contributed by atoms with Crippen molar-refractivity contribution in [1.82, 2.24) is 25.1 Å². The Morgan fingerprint density at radius 3 is 2.83 bits per heavy atom. The van der Waals surface area contributed by atoms with Crippen LogP contribution in [0, 0.1) is 5.82 Å². The molecule has 0 fully saturated rings. The minimum absolute atomic E-state index is 0.277. The van der Waals surface area contributed by atoms with Crippen LogP contribution in [0.2, 0.25) is 5.02 Å². The third kappa shape index (κ3) is 4.88. The number of aromatic nitrogens is 4. The van der Waals surface area contributed by atoms with Crippen molar-refractivity contribution in [2.75, 3.05) is 6.54 Å². The summed E-state index contributed by atoms with van der Waals surface area (Å²) in [5.74, 6) is 0.122. The highest BCUT2D eigenvalue weighted by molar-refractivity contribution is 6.31. The van der Waals surface area contributed by atoms with Crippen LogP contribution in [0.4, 0.5) is 4.39 Å². The largest absolute Gasteiger partial charge is 0.472 e. The Labute approximate surface area is 172 Å². The fourth-order valence-corrected chi connectivity index (χ4v) is 3.13. The highest BCUT2D eigenvalue weighted by Crippen LogP contribution is 2.25. The molecule has 0 bridgehead atoms. The summed E-state index contributed by atoms with van der Waals surface area (Å²) in [6, 6.07) is 14.0. The van der Waals surface area contributed by atoms with Crippen LogP contribution in [0.25, 0.3) is 10.9 Å². The van der Waals surface area contributed by atoms with Gasteiger partial charge < -0.3 is 10.1 Å². The SMILES string of the molecule is Fc1ccc2cc(CNCCn3cncn3)c(OCc3ccccc3Cl)nc2c1. The molecule has 0 unspecified atom stereocenters. The Balaban J connectivity index is 1.52. The fraction of sp³-hybridized carbons (Fsp3) is 0.190. The number of halogens is 2. The van der Waals surface area contributed by atoms with E-state index in [0.717, 1.165) is 16.5 Å². The summed E-state index contributed by atoms with van der Waals surface area (Å²) in [7, 11) is 0. The van der Waals surface area contributed by atoms with Gasteiger partial charge in [0.25, 0.3) is 0 Å². The van der Waals surface area contributed by atoms with Crippen LogP contribution in [0.1, 0.15) is 11.1 Å². The van der Waals surface area contributed by atoms with Crippen LogP contribution in [-0.4, -0.2) is 26.3 Å². The predicted octanol–water partition coefficient (Wildman–Crippen LogP) is 3.99. The molecular weight excluding hydrogens is 393 g/mol. The maximum absolute atomic E-state index is 13.6. The highest BCUT2D eigenvalue weighted by atomic mass is 35.5. The molecule has 6 nitrogen and oxygen atoms in total. The number of hydrogen-bond acceptors (Lipinski definition) is 5. The lowest BCUT2D eigenvalue weighted by atomic mass is 10.1. The molecule has 2 aromatic heterocycles. The number of nitrogens with one attached hydrogen (secondary N) is 1. The van der Waals surface area contributed by atoms with Crippen molar-refractivity contribution in [2.24, 2.45) is 0 Å². The Kier molecular flexibility index (Phi) is 5.97. The van der Waals surface area contributed by atoms with Gasteiger partial charge in [0, 0.05) is 40.7 Å². The van der Waals surface area contributed by atoms with Crippen LogP contribution in [0.3, 0.4) is 0 Å². The monoisotopic (exact) mass is 411 g/mol. The number of rotatable bonds is 8. The van der Waals surface area contributed by atoms with E-state index in [1.807, 2.05) is 30.3 Å². The molecule has 0 saturated heterocycles. The average molecular weight is 412 g/mol. The van der Waals surface area contributed by atoms with Crippen molar-refractivity contribution in [3.8, 4) is 5.88 Å². The van der Waals surface area contributed by atoms with Crippen molar-refractivity contribution >= 4 is 22.5 Å². The topological polar surface area (TPSA) is 64.9 Å². The maximum Gasteiger partial charge on any atom is 0.218 e. The third-order valence-corrected chi connectivity index (χ3v) is 4.81. The first kappa shape index (κ1) is 19.3. The van der Waals surface area contributed by atoms with E-state index in [2.05, 4.69) is 20.4 Å². The first-order chi connectivity index (χ1) is 14.2. The fourth-order valence-electron chi connectivity index (χ4n) is 2.94.